The zero-order valence-electron chi connectivity index (χ0n) is 10.8. The first-order valence-corrected chi connectivity index (χ1v) is 6.45. The van der Waals surface area contributed by atoms with Crippen molar-refractivity contribution in [2.24, 2.45) is 0 Å². The second kappa shape index (κ2) is 6.34. The van der Waals surface area contributed by atoms with Gasteiger partial charge in [-0.2, -0.15) is 0 Å². The molecule has 1 amide bonds. The van der Waals surface area contributed by atoms with Gasteiger partial charge in [0.25, 0.3) is 5.91 Å². The second-order valence-electron chi connectivity index (χ2n) is 4.02. The minimum absolute atomic E-state index is 0.115. The highest BCUT2D eigenvalue weighted by Crippen LogP contribution is 2.21. The summed E-state index contributed by atoms with van der Waals surface area (Å²) in [6, 6.07) is 7.43. The van der Waals surface area contributed by atoms with Gasteiger partial charge in [-0.3, -0.25) is 4.79 Å². The summed E-state index contributed by atoms with van der Waals surface area (Å²) in [5, 5.41) is 5.78. The van der Waals surface area contributed by atoms with Gasteiger partial charge in [0.15, 0.2) is 0 Å². The van der Waals surface area contributed by atoms with Crippen LogP contribution in [-0.4, -0.2) is 17.4 Å². The number of aromatic nitrogens is 1. The van der Waals surface area contributed by atoms with E-state index in [1.807, 2.05) is 6.92 Å². The van der Waals surface area contributed by atoms with Gasteiger partial charge in [0, 0.05) is 12.7 Å². The smallest absolute Gasteiger partial charge is 0.257 e. The van der Waals surface area contributed by atoms with Gasteiger partial charge in [0.05, 0.1) is 16.3 Å². The molecular weight excluding hydrogens is 281 g/mol. The van der Waals surface area contributed by atoms with E-state index >= 15 is 0 Å². The summed E-state index contributed by atoms with van der Waals surface area (Å²) in [4.78, 5) is 16.0. The third-order valence-corrected chi connectivity index (χ3v) is 2.86. The van der Waals surface area contributed by atoms with Crippen LogP contribution >= 0.6 is 11.6 Å². The van der Waals surface area contributed by atoms with E-state index in [2.05, 4.69) is 15.6 Å². The van der Waals surface area contributed by atoms with Crippen LogP contribution in [0.5, 0.6) is 0 Å². The number of rotatable bonds is 4. The summed E-state index contributed by atoms with van der Waals surface area (Å²) in [5.41, 5.74) is 0.379. The maximum absolute atomic E-state index is 13.4. The monoisotopic (exact) mass is 293 g/mol. The van der Waals surface area contributed by atoms with E-state index in [4.69, 9.17) is 11.6 Å². The molecule has 0 spiro atoms. The van der Waals surface area contributed by atoms with E-state index in [0.29, 0.717) is 17.4 Å². The van der Waals surface area contributed by atoms with Gasteiger partial charge >= 0.3 is 0 Å². The number of benzene rings is 1. The third-order valence-electron chi connectivity index (χ3n) is 2.57. The van der Waals surface area contributed by atoms with E-state index in [0.717, 1.165) is 0 Å². The number of hydrogen-bond acceptors (Lipinski definition) is 3. The fourth-order valence-corrected chi connectivity index (χ4v) is 1.85. The Kier molecular flexibility index (Phi) is 4.53. The van der Waals surface area contributed by atoms with Crippen molar-refractivity contribution in [2.75, 3.05) is 17.2 Å². The largest absolute Gasteiger partial charge is 0.369 e. The summed E-state index contributed by atoms with van der Waals surface area (Å²) >= 11 is 6.01. The topological polar surface area (TPSA) is 54.0 Å². The van der Waals surface area contributed by atoms with Gasteiger partial charge in [-0.15, -0.1) is 0 Å². The van der Waals surface area contributed by atoms with Crippen LogP contribution in [0.1, 0.15) is 17.3 Å². The van der Waals surface area contributed by atoms with Crippen molar-refractivity contribution in [3.05, 3.63) is 52.9 Å². The van der Waals surface area contributed by atoms with Crippen molar-refractivity contribution in [2.45, 2.75) is 6.92 Å². The predicted molar refractivity (Wildman–Crippen MR) is 77.8 cm³/mol. The van der Waals surface area contributed by atoms with Gasteiger partial charge in [-0.05, 0) is 25.1 Å². The summed E-state index contributed by atoms with van der Waals surface area (Å²) in [7, 11) is 0. The molecule has 0 bridgehead atoms. The van der Waals surface area contributed by atoms with Crippen molar-refractivity contribution in [3.8, 4) is 0 Å². The van der Waals surface area contributed by atoms with E-state index in [9.17, 15) is 9.18 Å². The van der Waals surface area contributed by atoms with Crippen LogP contribution in [0.15, 0.2) is 36.5 Å². The van der Waals surface area contributed by atoms with Crippen LogP contribution in [0.2, 0.25) is 5.02 Å². The number of carbonyl (C=O) groups is 1. The Morgan fingerprint density at radius 2 is 2.15 bits per heavy atom. The lowest BCUT2D eigenvalue weighted by Crippen LogP contribution is -2.13. The van der Waals surface area contributed by atoms with Crippen molar-refractivity contribution < 1.29 is 9.18 Å². The Bertz CT molecular complexity index is 634. The number of pyridine rings is 1. The van der Waals surface area contributed by atoms with Gasteiger partial charge in [-0.1, -0.05) is 23.7 Å². The molecule has 0 unspecified atom stereocenters. The molecule has 1 aromatic heterocycles. The number of nitrogens with one attached hydrogen (secondary N) is 2. The van der Waals surface area contributed by atoms with Crippen molar-refractivity contribution in [3.63, 3.8) is 0 Å². The molecule has 0 radical (unpaired) electrons. The highest BCUT2D eigenvalue weighted by molar-refractivity contribution is 6.33. The lowest BCUT2D eigenvalue weighted by Gasteiger charge is -2.08. The second-order valence-corrected chi connectivity index (χ2v) is 4.43. The zero-order valence-corrected chi connectivity index (χ0v) is 11.5. The molecule has 0 saturated heterocycles. The molecule has 0 atom stereocenters. The van der Waals surface area contributed by atoms with E-state index in [1.54, 1.807) is 12.1 Å². The summed E-state index contributed by atoms with van der Waals surface area (Å²) in [6.07, 6.45) is 1.39. The molecule has 20 heavy (non-hydrogen) atoms. The quantitative estimate of drug-likeness (QED) is 0.906. The fourth-order valence-electron chi connectivity index (χ4n) is 1.62. The van der Waals surface area contributed by atoms with Crippen molar-refractivity contribution in [1.82, 2.24) is 4.98 Å². The standard InChI is InChI=1S/C14H13ClFN3O/c1-2-17-13-10(15)7-9(8-18-13)14(20)19-12-6-4-3-5-11(12)16/h3-8H,2H2,1H3,(H,17,18)(H,19,20). The molecule has 4 nitrogen and oxygen atoms in total. The number of halogens is 2. The number of amides is 1. The molecule has 6 heteroatoms. The molecule has 2 aromatic rings. The highest BCUT2D eigenvalue weighted by atomic mass is 35.5. The Morgan fingerprint density at radius 3 is 2.80 bits per heavy atom. The number of para-hydroxylation sites is 1. The molecule has 0 saturated carbocycles. The van der Waals surface area contributed by atoms with Crippen LogP contribution in [0.4, 0.5) is 15.9 Å². The van der Waals surface area contributed by atoms with Crippen LogP contribution in [0.3, 0.4) is 0 Å². The van der Waals surface area contributed by atoms with E-state index in [1.165, 1.54) is 24.4 Å². The maximum atomic E-state index is 13.4. The Balaban J connectivity index is 2.18. The molecule has 0 aliphatic rings. The molecule has 1 heterocycles. The molecule has 2 rings (SSSR count). The minimum atomic E-state index is -0.496. The lowest BCUT2D eigenvalue weighted by molar-refractivity contribution is 0.102. The molecule has 0 aliphatic heterocycles. The lowest BCUT2D eigenvalue weighted by atomic mass is 10.2. The Morgan fingerprint density at radius 1 is 1.40 bits per heavy atom. The van der Waals surface area contributed by atoms with Gasteiger partial charge in [0.1, 0.15) is 11.6 Å². The van der Waals surface area contributed by atoms with Crippen molar-refractivity contribution in [1.29, 1.82) is 0 Å². The first-order chi connectivity index (χ1) is 9.61. The number of nitrogens with zero attached hydrogens (tertiary/aromatic N) is 1. The molecule has 1 aromatic carbocycles. The highest BCUT2D eigenvalue weighted by Gasteiger charge is 2.11. The zero-order chi connectivity index (χ0) is 14.5. The molecule has 104 valence electrons. The summed E-state index contributed by atoms with van der Waals surface area (Å²) in [5.74, 6) is -0.451. The SMILES string of the molecule is CCNc1ncc(C(=O)Nc2ccccc2F)cc1Cl. The molecule has 0 aliphatic carbocycles. The number of anilines is 2. The van der Waals surface area contributed by atoms with Crippen LogP contribution in [-0.2, 0) is 0 Å². The number of carbonyl (C=O) groups excluding carboxylic acids is 1. The van der Waals surface area contributed by atoms with Crippen LogP contribution in [0.25, 0.3) is 0 Å². The van der Waals surface area contributed by atoms with Gasteiger partial charge in [0.2, 0.25) is 0 Å². The fraction of sp³-hybridized carbons (Fsp3) is 0.143. The van der Waals surface area contributed by atoms with E-state index in [-0.39, 0.29) is 11.3 Å². The summed E-state index contributed by atoms with van der Waals surface area (Å²) < 4.78 is 13.4. The van der Waals surface area contributed by atoms with Crippen LogP contribution in [0, 0.1) is 5.82 Å². The third kappa shape index (κ3) is 3.24. The normalized spacial score (nSPS) is 10.2. The average Bonchev–Trinajstić information content (AvgIpc) is 2.43. The predicted octanol–water partition coefficient (Wildman–Crippen LogP) is 3.56. The Hall–Kier alpha value is -2.14. The summed E-state index contributed by atoms with van der Waals surface area (Å²) in [6.45, 7) is 2.59. The minimum Gasteiger partial charge on any atom is -0.369 e. The maximum Gasteiger partial charge on any atom is 0.257 e. The van der Waals surface area contributed by atoms with Crippen LogP contribution < -0.4 is 10.6 Å². The number of hydrogen-bond donors (Lipinski definition) is 2. The average molecular weight is 294 g/mol. The molecule has 0 fully saturated rings. The first-order valence-electron chi connectivity index (χ1n) is 6.07. The molecule has 2 N–H and O–H groups in total. The van der Waals surface area contributed by atoms with Gasteiger partial charge in [-0.25, -0.2) is 9.37 Å². The molecular formula is C14H13ClFN3O. The van der Waals surface area contributed by atoms with Gasteiger partial charge < -0.3 is 10.6 Å². The van der Waals surface area contributed by atoms with Crippen molar-refractivity contribution >= 4 is 29.0 Å². The van der Waals surface area contributed by atoms with E-state index < -0.39 is 11.7 Å². The first kappa shape index (κ1) is 14.3. The Labute approximate surface area is 121 Å².